The van der Waals surface area contributed by atoms with Crippen molar-refractivity contribution in [3.05, 3.63) is 53.8 Å². The maximum Gasteiger partial charge on any atom is 0.244 e. The molecule has 3 N–H and O–H groups in total. The van der Waals surface area contributed by atoms with Crippen LogP contribution in [0.5, 0.6) is 5.75 Å². The Morgan fingerprint density at radius 3 is 2.25 bits per heavy atom. The molecular weight excluding hydrogens is 359 g/mol. The maximum atomic E-state index is 13.3. The van der Waals surface area contributed by atoms with Gasteiger partial charge in [-0.2, -0.15) is 0 Å². The second-order valence-electron chi connectivity index (χ2n) is 4.81. The summed E-state index contributed by atoms with van der Waals surface area (Å²) in [7, 11) is -6.56. The first-order valence-electron chi connectivity index (χ1n) is 6.58. The molecule has 2 aromatic carbocycles. The first kappa shape index (κ1) is 18.3. The monoisotopic (exact) mass is 374 g/mol. The van der Waals surface area contributed by atoms with Gasteiger partial charge < -0.3 is 4.74 Å². The van der Waals surface area contributed by atoms with Crippen molar-refractivity contribution in [1.29, 1.82) is 0 Å². The Labute approximate surface area is 139 Å². The molecule has 24 heavy (non-hydrogen) atoms. The molecule has 0 radical (unpaired) electrons. The lowest BCUT2D eigenvalue weighted by molar-refractivity contribution is 0.400. The summed E-state index contributed by atoms with van der Waals surface area (Å²) in [6.45, 7) is -0.118. The smallest absolute Gasteiger partial charge is 0.244 e. The van der Waals surface area contributed by atoms with Gasteiger partial charge in [-0.25, -0.2) is 31.1 Å². The van der Waals surface area contributed by atoms with Crippen molar-refractivity contribution >= 4 is 20.0 Å². The zero-order valence-electron chi connectivity index (χ0n) is 12.6. The minimum Gasteiger partial charge on any atom is -0.495 e. The summed E-state index contributed by atoms with van der Waals surface area (Å²) in [5.41, 5.74) is 0.501. The van der Waals surface area contributed by atoms with Crippen molar-refractivity contribution in [2.75, 3.05) is 7.11 Å². The average molecular weight is 374 g/mol. The second kappa shape index (κ2) is 6.85. The third-order valence-corrected chi connectivity index (χ3v) is 5.49. The van der Waals surface area contributed by atoms with E-state index in [1.807, 2.05) is 0 Å². The number of hydrogen-bond donors (Lipinski definition) is 2. The van der Waals surface area contributed by atoms with Gasteiger partial charge in [0.15, 0.2) is 0 Å². The zero-order valence-corrected chi connectivity index (χ0v) is 14.2. The fraction of sp³-hybridized carbons (Fsp3) is 0.143. The van der Waals surface area contributed by atoms with Crippen LogP contribution in [0.25, 0.3) is 0 Å². The van der Waals surface area contributed by atoms with Crippen molar-refractivity contribution in [3.8, 4) is 5.75 Å². The number of methoxy groups -OCH3 is 1. The third kappa shape index (κ3) is 4.29. The summed E-state index contributed by atoms with van der Waals surface area (Å²) in [4.78, 5) is -0.410. The van der Waals surface area contributed by atoms with Crippen molar-refractivity contribution in [2.45, 2.75) is 16.3 Å². The molecule has 2 rings (SSSR count). The minimum absolute atomic E-state index is 0.00785. The van der Waals surface area contributed by atoms with E-state index in [0.717, 1.165) is 12.1 Å². The van der Waals surface area contributed by atoms with Crippen LogP contribution >= 0.6 is 0 Å². The topological polar surface area (TPSA) is 116 Å². The fourth-order valence-corrected chi connectivity index (χ4v) is 3.63. The Balaban J connectivity index is 2.20. The molecule has 0 amide bonds. The molecule has 0 aliphatic heterocycles. The van der Waals surface area contributed by atoms with Crippen LogP contribution < -0.4 is 14.6 Å². The van der Waals surface area contributed by atoms with Gasteiger partial charge in [-0.3, -0.25) is 0 Å². The third-order valence-electron chi connectivity index (χ3n) is 3.13. The van der Waals surface area contributed by atoms with Crippen LogP contribution in [0.4, 0.5) is 4.39 Å². The molecule has 0 atom stereocenters. The number of hydrogen-bond acceptors (Lipinski definition) is 5. The lowest BCUT2D eigenvalue weighted by Gasteiger charge is -2.11. The van der Waals surface area contributed by atoms with Gasteiger partial charge in [0.2, 0.25) is 20.0 Å². The molecule has 0 unspecified atom stereocenters. The van der Waals surface area contributed by atoms with E-state index in [2.05, 4.69) is 4.72 Å². The van der Waals surface area contributed by atoms with Crippen LogP contribution in [0, 0.1) is 5.82 Å². The van der Waals surface area contributed by atoms with Gasteiger partial charge in [0.05, 0.1) is 12.0 Å². The van der Waals surface area contributed by atoms with Crippen LogP contribution in [0.3, 0.4) is 0 Å². The molecule has 130 valence electrons. The van der Waals surface area contributed by atoms with Crippen LogP contribution in [0.2, 0.25) is 0 Å². The van der Waals surface area contributed by atoms with E-state index in [0.29, 0.717) is 5.56 Å². The van der Waals surface area contributed by atoms with E-state index in [-0.39, 0.29) is 22.1 Å². The number of halogens is 1. The number of primary sulfonamides is 1. The second-order valence-corrected chi connectivity index (χ2v) is 8.11. The molecule has 0 saturated heterocycles. The van der Waals surface area contributed by atoms with Gasteiger partial charge in [-0.05, 0) is 35.9 Å². The highest BCUT2D eigenvalue weighted by Crippen LogP contribution is 2.24. The molecular formula is C14H15FN2O5S2. The number of rotatable bonds is 6. The standard InChI is InChI=1S/C14H15FN2O5S2/c1-22-13-7-4-11(15)8-14(13)24(20,21)17-9-10-2-5-12(6-3-10)23(16,18)19/h2-8,17H,9H2,1H3,(H2,16,18,19). The molecule has 0 aromatic heterocycles. The largest absolute Gasteiger partial charge is 0.495 e. The summed E-state index contributed by atoms with van der Waals surface area (Å²) < 4.78 is 67.4. The lowest BCUT2D eigenvalue weighted by Crippen LogP contribution is -2.24. The summed E-state index contributed by atoms with van der Waals surface area (Å²) in [5, 5.41) is 4.98. The van der Waals surface area contributed by atoms with Gasteiger partial charge in [0, 0.05) is 6.54 Å². The number of nitrogens with two attached hydrogens (primary N) is 1. The van der Waals surface area contributed by atoms with E-state index in [1.54, 1.807) is 0 Å². The van der Waals surface area contributed by atoms with Gasteiger partial charge in [0.25, 0.3) is 0 Å². The minimum atomic E-state index is -4.02. The van der Waals surface area contributed by atoms with Gasteiger partial charge in [0.1, 0.15) is 16.5 Å². The number of nitrogens with one attached hydrogen (secondary N) is 1. The van der Waals surface area contributed by atoms with Crippen LogP contribution in [-0.4, -0.2) is 23.9 Å². The van der Waals surface area contributed by atoms with Crippen molar-refractivity contribution in [1.82, 2.24) is 4.72 Å². The number of benzene rings is 2. The summed E-state index contributed by atoms with van der Waals surface area (Å²) in [6, 6.07) is 8.53. The lowest BCUT2D eigenvalue weighted by atomic mass is 10.2. The fourth-order valence-electron chi connectivity index (χ4n) is 1.91. The molecule has 0 spiro atoms. The SMILES string of the molecule is COc1ccc(F)cc1S(=O)(=O)NCc1ccc(S(N)(=O)=O)cc1. The van der Waals surface area contributed by atoms with Crippen molar-refractivity contribution in [3.63, 3.8) is 0 Å². The molecule has 10 heteroatoms. The predicted molar refractivity (Wildman–Crippen MR) is 84.8 cm³/mol. The van der Waals surface area contributed by atoms with E-state index < -0.39 is 25.9 Å². The van der Waals surface area contributed by atoms with Gasteiger partial charge >= 0.3 is 0 Å². The molecule has 0 heterocycles. The first-order valence-corrected chi connectivity index (χ1v) is 9.61. The highest BCUT2D eigenvalue weighted by atomic mass is 32.2. The summed E-state index contributed by atoms with van der Waals surface area (Å²) in [6.07, 6.45) is 0. The van der Waals surface area contributed by atoms with Crippen LogP contribution in [0.15, 0.2) is 52.3 Å². The Kier molecular flexibility index (Phi) is 5.23. The maximum absolute atomic E-state index is 13.3. The van der Waals surface area contributed by atoms with Gasteiger partial charge in [-0.1, -0.05) is 12.1 Å². The van der Waals surface area contributed by atoms with Gasteiger partial charge in [-0.15, -0.1) is 0 Å². The predicted octanol–water partition coefficient (Wildman–Crippen LogP) is 0.960. The van der Waals surface area contributed by atoms with Crippen LogP contribution in [0.1, 0.15) is 5.56 Å². The molecule has 2 aromatic rings. The van der Waals surface area contributed by atoms with E-state index in [4.69, 9.17) is 9.88 Å². The van der Waals surface area contributed by atoms with Crippen molar-refractivity contribution < 1.29 is 26.0 Å². The average Bonchev–Trinajstić information content (AvgIpc) is 2.52. The summed E-state index contributed by atoms with van der Waals surface area (Å²) >= 11 is 0. The first-order chi connectivity index (χ1) is 11.1. The highest BCUT2D eigenvalue weighted by Gasteiger charge is 2.20. The number of ether oxygens (including phenoxy) is 1. The molecule has 7 nitrogen and oxygen atoms in total. The Bertz CT molecular complexity index is 942. The molecule has 0 aliphatic carbocycles. The zero-order chi connectivity index (χ0) is 18.0. The molecule has 0 bridgehead atoms. The van der Waals surface area contributed by atoms with E-state index in [9.17, 15) is 21.2 Å². The van der Waals surface area contributed by atoms with Crippen molar-refractivity contribution in [2.24, 2.45) is 5.14 Å². The highest BCUT2D eigenvalue weighted by molar-refractivity contribution is 7.89. The van der Waals surface area contributed by atoms with E-state index >= 15 is 0 Å². The Hall–Kier alpha value is -2.01. The van der Waals surface area contributed by atoms with E-state index in [1.165, 1.54) is 37.4 Å². The molecule has 0 saturated carbocycles. The molecule has 0 aliphatic rings. The quantitative estimate of drug-likeness (QED) is 0.781. The normalized spacial score (nSPS) is 12.1. The Morgan fingerprint density at radius 1 is 1.08 bits per heavy atom. The Morgan fingerprint density at radius 2 is 1.71 bits per heavy atom. The summed E-state index contributed by atoms with van der Waals surface area (Å²) in [5.74, 6) is -0.706. The molecule has 0 fully saturated rings. The number of sulfonamides is 2. The van der Waals surface area contributed by atoms with Crippen LogP contribution in [-0.2, 0) is 26.6 Å².